The van der Waals surface area contributed by atoms with E-state index < -0.39 is 18.7 Å². The van der Waals surface area contributed by atoms with Crippen molar-refractivity contribution in [2.24, 2.45) is 0 Å². The summed E-state index contributed by atoms with van der Waals surface area (Å²) < 4.78 is 47.0. The molecule has 0 radical (unpaired) electrons. The number of carbonyl (C=O) groups is 1. The van der Waals surface area contributed by atoms with E-state index in [0.29, 0.717) is 12.8 Å². The first kappa shape index (κ1) is 13.7. The highest BCUT2D eigenvalue weighted by Gasteiger charge is 2.40. The zero-order valence-corrected chi connectivity index (χ0v) is 10.2. The Hall–Kier alpha value is -1.73. The molecule has 1 fully saturated rings. The minimum atomic E-state index is -4.35. The Morgan fingerprint density at radius 1 is 1.58 bits per heavy atom. The van der Waals surface area contributed by atoms with Gasteiger partial charge in [-0.25, -0.2) is 4.79 Å². The highest BCUT2D eigenvalue weighted by atomic mass is 19.4. The molecule has 0 unspecified atom stereocenters. The van der Waals surface area contributed by atoms with Crippen molar-refractivity contribution in [1.82, 2.24) is 4.98 Å². The van der Waals surface area contributed by atoms with Crippen molar-refractivity contribution in [2.45, 2.75) is 32.0 Å². The van der Waals surface area contributed by atoms with Crippen molar-refractivity contribution in [2.75, 3.05) is 18.1 Å². The van der Waals surface area contributed by atoms with Gasteiger partial charge in [-0.15, -0.1) is 0 Å². The van der Waals surface area contributed by atoms with Crippen LogP contribution in [-0.4, -0.2) is 36.3 Å². The van der Waals surface area contributed by atoms with Crippen molar-refractivity contribution in [3.05, 3.63) is 12.0 Å². The molecule has 0 aromatic carbocycles. The molecular formula is C11H13F3N2O3. The summed E-state index contributed by atoms with van der Waals surface area (Å²) in [6.45, 7) is 0.648. The zero-order valence-electron chi connectivity index (χ0n) is 10.2. The summed E-state index contributed by atoms with van der Waals surface area (Å²) >= 11 is 0. The third-order valence-electron chi connectivity index (χ3n) is 2.56. The van der Waals surface area contributed by atoms with E-state index in [1.54, 1.807) is 6.92 Å². The molecule has 0 N–H and O–H groups in total. The van der Waals surface area contributed by atoms with Gasteiger partial charge in [0.05, 0.1) is 6.61 Å². The van der Waals surface area contributed by atoms with E-state index >= 15 is 0 Å². The molecule has 0 amide bonds. The van der Waals surface area contributed by atoms with Crippen LogP contribution in [-0.2, 0) is 4.74 Å². The molecule has 1 aliphatic rings. The molecule has 1 aromatic heterocycles. The second kappa shape index (κ2) is 5.10. The van der Waals surface area contributed by atoms with E-state index in [1.807, 2.05) is 0 Å². The van der Waals surface area contributed by atoms with E-state index in [0.717, 1.165) is 11.2 Å². The SMILES string of the molecule is CCOC(=O)c1coc(N(CC(F)(F)F)C2CC2)n1. The van der Waals surface area contributed by atoms with Crippen molar-refractivity contribution >= 4 is 12.0 Å². The Bertz CT molecular complexity index is 454. The van der Waals surface area contributed by atoms with E-state index in [2.05, 4.69) is 4.98 Å². The zero-order chi connectivity index (χ0) is 14.0. The van der Waals surface area contributed by atoms with E-state index in [9.17, 15) is 18.0 Å². The van der Waals surface area contributed by atoms with Crippen LogP contribution in [0.25, 0.3) is 0 Å². The van der Waals surface area contributed by atoms with Crippen LogP contribution in [0.5, 0.6) is 0 Å². The number of ether oxygens (including phenoxy) is 1. The number of carbonyl (C=O) groups excluding carboxylic acids is 1. The first-order valence-corrected chi connectivity index (χ1v) is 5.86. The molecule has 0 aliphatic heterocycles. The predicted molar refractivity (Wildman–Crippen MR) is 58.9 cm³/mol. The van der Waals surface area contributed by atoms with Crippen LogP contribution < -0.4 is 4.90 Å². The average Bonchev–Trinajstić information content (AvgIpc) is 3.02. The molecule has 5 nitrogen and oxygen atoms in total. The maximum absolute atomic E-state index is 12.5. The minimum Gasteiger partial charge on any atom is -0.461 e. The van der Waals surface area contributed by atoms with Crippen molar-refractivity contribution < 1.29 is 27.1 Å². The Morgan fingerprint density at radius 3 is 2.79 bits per heavy atom. The molecule has 1 saturated carbocycles. The largest absolute Gasteiger partial charge is 0.461 e. The molecule has 0 atom stereocenters. The standard InChI is InChI=1S/C11H13F3N2O3/c1-2-18-9(17)8-5-19-10(15-8)16(7-3-4-7)6-11(12,13)14/h5,7H,2-4,6H2,1H3. The van der Waals surface area contributed by atoms with Crippen molar-refractivity contribution in [3.8, 4) is 0 Å². The Morgan fingerprint density at radius 2 is 2.26 bits per heavy atom. The summed E-state index contributed by atoms with van der Waals surface area (Å²) in [5, 5.41) is 0. The third kappa shape index (κ3) is 3.62. The summed E-state index contributed by atoms with van der Waals surface area (Å²) in [4.78, 5) is 16.2. The van der Waals surface area contributed by atoms with Gasteiger partial charge in [0.25, 0.3) is 6.01 Å². The van der Waals surface area contributed by atoms with Gasteiger partial charge >= 0.3 is 12.1 Å². The molecule has 1 aliphatic carbocycles. The minimum absolute atomic E-state index is 0.121. The number of anilines is 1. The number of hydrogen-bond donors (Lipinski definition) is 0. The van der Waals surface area contributed by atoms with Gasteiger partial charge in [-0.2, -0.15) is 18.2 Å². The van der Waals surface area contributed by atoms with Gasteiger partial charge in [-0.05, 0) is 19.8 Å². The maximum atomic E-state index is 12.5. The normalized spacial score (nSPS) is 15.4. The molecular weight excluding hydrogens is 265 g/mol. The summed E-state index contributed by atoms with van der Waals surface area (Å²) in [5.41, 5.74) is -0.121. The number of oxazole rings is 1. The number of rotatable bonds is 5. The first-order chi connectivity index (χ1) is 8.90. The highest BCUT2D eigenvalue weighted by Crippen LogP contribution is 2.33. The third-order valence-corrected chi connectivity index (χ3v) is 2.56. The van der Waals surface area contributed by atoms with Crippen LogP contribution in [0.4, 0.5) is 19.2 Å². The predicted octanol–water partition coefficient (Wildman–Crippen LogP) is 2.38. The van der Waals surface area contributed by atoms with E-state index in [1.165, 1.54) is 0 Å². The fraction of sp³-hybridized carbons (Fsp3) is 0.636. The second-order valence-electron chi connectivity index (χ2n) is 4.21. The molecule has 1 aromatic rings. The number of esters is 1. The molecule has 106 valence electrons. The lowest BCUT2D eigenvalue weighted by molar-refractivity contribution is -0.120. The van der Waals surface area contributed by atoms with Gasteiger partial charge in [-0.1, -0.05) is 0 Å². The van der Waals surface area contributed by atoms with Crippen molar-refractivity contribution in [1.29, 1.82) is 0 Å². The Kier molecular flexibility index (Phi) is 3.68. The topological polar surface area (TPSA) is 55.6 Å². The second-order valence-corrected chi connectivity index (χ2v) is 4.21. The average molecular weight is 278 g/mol. The van der Waals surface area contributed by atoms with Gasteiger partial charge in [0, 0.05) is 6.04 Å². The molecule has 0 bridgehead atoms. The molecule has 1 heterocycles. The van der Waals surface area contributed by atoms with Gasteiger partial charge < -0.3 is 14.1 Å². The molecule has 0 saturated heterocycles. The number of hydrogen-bond acceptors (Lipinski definition) is 5. The fourth-order valence-electron chi connectivity index (χ4n) is 1.63. The van der Waals surface area contributed by atoms with Crippen LogP contribution >= 0.6 is 0 Å². The fourth-order valence-corrected chi connectivity index (χ4v) is 1.63. The van der Waals surface area contributed by atoms with Crippen molar-refractivity contribution in [3.63, 3.8) is 0 Å². The highest BCUT2D eigenvalue weighted by molar-refractivity contribution is 5.87. The van der Waals surface area contributed by atoms with Crippen LogP contribution in [0.15, 0.2) is 10.7 Å². The number of nitrogens with zero attached hydrogens (tertiary/aromatic N) is 2. The summed E-state index contributed by atoms with van der Waals surface area (Å²) in [6, 6.07) is -0.418. The molecule has 8 heteroatoms. The van der Waals surface area contributed by atoms with Gasteiger partial charge in [0.2, 0.25) is 0 Å². The Labute approximate surface area is 107 Å². The van der Waals surface area contributed by atoms with E-state index in [4.69, 9.17) is 9.15 Å². The summed E-state index contributed by atoms with van der Waals surface area (Å²) in [5.74, 6) is -0.708. The van der Waals surface area contributed by atoms with Crippen LogP contribution in [0.1, 0.15) is 30.3 Å². The van der Waals surface area contributed by atoms with Crippen LogP contribution in [0.2, 0.25) is 0 Å². The lowest BCUT2D eigenvalue weighted by Gasteiger charge is -2.21. The van der Waals surface area contributed by atoms with Crippen LogP contribution in [0.3, 0.4) is 0 Å². The quantitative estimate of drug-likeness (QED) is 0.774. The monoisotopic (exact) mass is 278 g/mol. The van der Waals surface area contributed by atoms with Gasteiger partial charge in [0.15, 0.2) is 5.69 Å². The molecule has 2 rings (SSSR count). The van der Waals surface area contributed by atoms with Gasteiger partial charge in [0.1, 0.15) is 12.8 Å². The number of alkyl halides is 3. The summed E-state index contributed by atoms with van der Waals surface area (Å²) in [7, 11) is 0. The molecule has 0 spiro atoms. The van der Waals surface area contributed by atoms with E-state index in [-0.39, 0.29) is 24.4 Å². The van der Waals surface area contributed by atoms with Gasteiger partial charge in [-0.3, -0.25) is 0 Å². The first-order valence-electron chi connectivity index (χ1n) is 5.86. The molecule has 19 heavy (non-hydrogen) atoms. The number of halogens is 3. The Balaban J connectivity index is 2.12. The van der Waals surface area contributed by atoms with Crippen LogP contribution in [0, 0.1) is 0 Å². The lowest BCUT2D eigenvalue weighted by atomic mass is 10.5. The maximum Gasteiger partial charge on any atom is 0.406 e. The lowest BCUT2D eigenvalue weighted by Crippen LogP contribution is -2.36. The number of aromatic nitrogens is 1. The summed E-state index contributed by atoms with van der Waals surface area (Å²) in [6.07, 6.45) is -2.01. The smallest absolute Gasteiger partial charge is 0.406 e.